The van der Waals surface area contributed by atoms with Crippen molar-refractivity contribution in [3.05, 3.63) is 57.7 Å². The van der Waals surface area contributed by atoms with Crippen LogP contribution in [0.2, 0.25) is 0 Å². The quantitative estimate of drug-likeness (QED) is 0.481. The first-order valence-corrected chi connectivity index (χ1v) is 5.43. The van der Waals surface area contributed by atoms with E-state index < -0.39 is 10.7 Å². The number of hydrogen-bond acceptors (Lipinski definition) is 4. The molecule has 1 heterocycles. The molecule has 0 aliphatic rings. The molecule has 0 saturated carbocycles. The average Bonchev–Trinajstić information content (AvgIpc) is 2.77. The van der Waals surface area contributed by atoms with E-state index in [0.717, 1.165) is 18.2 Å². The summed E-state index contributed by atoms with van der Waals surface area (Å²) in [6, 6.07) is 3.24. The highest BCUT2D eigenvalue weighted by Gasteiger charge is 2.15. The molecule has 1 aromatic heterocycles. The van der Waals surface area contributed by atoms with E-state index in [2.05, 4.69) is 5.10 Å². The van der Waals surface area contributed by atoms with Gasteiger partial charge in [0, 0.05) is 12.3 Å². The molecule has 0 bridgehead atoms. The number of benzene rings is 1. The Hall–Kier alpha value is -2.57. The van der Waals surface area contributed by atoms with Crippen molar-refractivity contribution in [2.75, 3.05) is 0 Å². The van der Waals surface area contributed by atoms with Gasteiger partial charge in [-0.2, -0.15) is 5.10 Å². The topological polar surface area (TPSA) is 78.0 Å². The van der Waals surface area contributed by atoms with Gasteiger partial charge in [-0.15, -0.1) is 0 Å². The Morgan fingerprint density at radius 2 is 2.26 bits per heavy atom. The van der Waals surface area contributed by atoms with Crippen molar-refractivity contribution >= 4 is 11.5 Å². The van der Waals surface area contributed by atoms with Crippen LogP contribution in [0.15, 0.2) is 30.6 Å². The molecule has 6 nitrogen and oxygen atoms in total. The molecule has 0 fully saturated rings. The average molecular weight is 263 g/mol. The Labute approximate surface area is 107 Å². The maximum atomic E-state index is 13.1. The first-order chi connectivity index (χ1) is 8.97. The fraction of sp³-hybridized carbons (Fsp3) is 0.167. The lowest BCUT2D eigenvalue weighted by Crippen LogP contribution is -2.04. The van der Waals surface area contributed by atoms with Crippen LogP contribution in [0.25, 0.3) is 0 Å². The minimum Gasteiger partial charge on any atom is -0.294 e. The normalized spacial score (nSPS) is 10.4. The van der Waals surface area contributed by atoms with Crippen molar-refractivity contribution in [2.45, 2.75) is 13.5 Å². The fourth-order valence-electron chi connectivity index (χ4n) is 1.67. The van der Waals surface area contributed by atoms with E-state index in [4.69, 9.17) is 0 Å². The maximum Gasteiger partial charge on any atom is 0.274 e. The zero-order valence-electron chi connectivity index (χ0n) is 10.0. The van der Waals surface area contributed by atoms with Gasteiger partial charge in [0.25, 0.3) is 5.69 Å². The van der Waals surface area contributed by atoms with E-state index in [-0.39, 0.29) is 23.6 Å². The van der Waals surface area contributed by atoms with Gasteiger partial charge in [-0.3, -0.25) is 19.6 Å². The van der Waals surface area contributed by atoms with Gasteiger partial charge in [0.1, 0.15) is 5.82 Å². The van der Waals surface area contributed by atoms with Crippen LogP contribution in [0.4, 0.5) is 10.1 Å². The molecule has 0 aliphatic carbocycles. The number of rotatable bonds is 4. The number of nitro groups is 1. The minimum atomic E-state index is -0.579. The smallest absolute Gasteiger partial charge is 0.274 e. The third-order valence-electron chi connectivity index (χ3n) is 2.61. The summed E-state index contributed by atoms with van der Waals surface area (Å²) in [6.45, 7) is 1.42. The SMILES string of the molecule is CC(=O)c1cnn(Cc2cc(F)ccc2[N+](=O)[O-])c1. The number of carbonyl (C=O) groups is 1. The summed E-state index contributed by atoms with van der Waals surface area (Å²) < 4.78 is 14.5. The van der Waals surface area contributed by atoms with Crippen LogP contribution >= 0.6 is 0 Å². The van der Waals surface area contributed by atoms with Crippen molar-refractivity contribution in [3.63, 3.8) is 0 Å². The van der Waals surface area contributed by atoms with Crippen LogP contribution in [0.5, 0.6) is 0 Å². The van der Waals surface area contributed by atoms with Crippen molar-refractivity contribution in [2.24, 2.45) is 0 Å². The molecule has 1 aromatic carbocycles. The van der Waals surface area contributed by atoms with E-state index >= 15 is 0 Å². The lowest BCUT2D eigenvalue weighted by Gasteiger charge is -2.03. The number of carbonyl (C=O) groups excluding carboxylic acids is 1. The second kappa shape index (κ2) is 4.97. The summed E-state index contributed by atoms with van der Waals surface area (Å²) in [6.07, 6.45) is 2.84. The monoisotopic (exact) mass is 263 g/mol. The van der Waals surface area contributed by atoms with Gasteiger partial charge in [-0.1, -0.05) is 0 Å². The number of nitro benzene ring substituents is 1. The molecule has 0 spiro atoms. The number of Topliss-reactive ketones (excluding diaryl/α,β-unsaturated/α-hetero) is 1. The lowest BCUT2D eigenvalue weighted by atomic mass is 10.1. The van der Waals surface area contributed by atoms with E-state index in [0.29, 0.717) is 5.56 Å². The molecule has 0 saturated heterocycles. The molecule has 19 heavy (non-hydrogen) atoms. The summed E-state index contributed by atoms with van der Waals surface area (Å²) in [4.78, 5) is 21.4. The third kappa shape index (κ3) is 2.82. The second-order valence-corrected chi connectivity index (χ2v) is 4.01. The van der Waals surface area contributed by atoms with Crippen molar-refractivity contribution in [1.82, 2.24) is 9.78 Å². The zero-order chi connectivity index (χ0) is 14.0. The molecule has 0 radical (unpaired) electrons. The molecule has 98 valence electrons. The number of ketones is 1. The Bertz CT molecular complexity index is 651. The van der Waals surface area contributed by atoms with Gasteiger partial charge < -0.3 is 0 Å². The molecule has 0 unspecified atom stereocenters. The van der Waals surface area contributed by atoms with Crippen LogP contribution in [-0.4, -0.2) is 20.5 Å². The predicted octanol–water partition coefficient (Wildman–Crippen LogP) is 2.18. The van der Waals surface area contributed by atoms with Gasteiger partial charge in [-0.25, -0.2) is 4.39 Å². The zero-order valence-corrected chi connectivity index (χ0v) is 10.0. The molecule has 2 aromatic rings. The summed E-state index contributed by atoms with van der Waals surface area (Å²) in [5.74, 6) is -0.709. The summed E-state index contributed by atoms with van der Waals surface area (Å²) in [7, 11) is 0. The lowest BCUT2D eigenvalue weighted by molar-refractivity contribution is -0.385. The standard InChI is InChI=1S/C12H10FN3O3/c1-8(17)10-5-14-15(7-10)6-9-4-11(13)2-3-12(9)16(18)19/h2-5,7H,6H2,1H3. The Morgan fingerprint density at radius 3 is 2.84 bits per heavy atom. The molecule has 0 amide bonds. The number of halogens is 1. The number of hydrogen-bond donors (Lipinski definition) is 0. The fourth-order valence-corrected chi connectivity index (χ4v) is 1.67. The van der Waals surface area contributed by atoms with Gasteiger partial charge in [0.2, 0.25) is 0 Å². The minimum absolute atomic E-state index is 0.0291. The van der Waals surface area contributed by atoms with Crippen molar-refractivity contribution in [3.8, 4) is 0 Å². The number of nitrogens with zero attached hydrogens (tertiary/aromatic N) is 3. The first-order valence-electron chi connectivity index (χ1n) is 5.43. The van der Waals surface area contributed by atoms with E-state index in [1.165, 1.54) is 24.0 Å². The van der Waals surface area contributed by atoms with Crippen LogP contribution in [0.3, 0.4) is 0 Å². The van der Waals surface area contributed by atoms with Gasteiger partial charge >= 0.3 is 0 Å². The van der Waals surface area contributed by atoms with Gasteiger partial charge in [0.15, 0.2) is 5.78 Å². The molecular weight excluding hydrogens is 253 g/mol. The molecule has 7 heteroatoms. The third-order valence-corrected chi connectivity index (χ3v) is 2.61. The Morgan fingerprint density at radius 1 is 1.53 bits per heavy atom. The van der Waals surface area contributed by atoms with Crippen molar-refractivity contribution < 1.29 is 14.1 Å². The van der Waals surface area contributed by atoms with Gasteiger partial charge in [0.05, 0.1) is 28.8 Å². The van der Waals surface area contributed by atoms with E-state index in [9.17, 15) is 19.3 Å². The summed E-state index contributed by atoms with van der Waals surface area (Å²) in [5.41, 5.74) is 0.420. The predicted molar refractivity (Wildman–Crippen MR) is 64.4 cm³/mol. The van der Waals surface area contributed by atoms with E-state index in [1.54, 1.807) is 0 Å². The first kappa shape index (κ1) is 12.9. The molecule has 0 aliphatic heterocycles. The highest BCUT2D eigenvalue weighted by atomic mass is 19.1. The highest BCUT2D eigenvalue weighted by molar-refractivity contribution is 5.93. The highest BCUT2D eigenvalue weighted by Crippen LogP contribution is 2.20. The number of aromatic nitrogens is 2. The summed E-state index contributed by atoms with van der Waals surface area (Å²) in [5, 5.41) is 14.7. The van der Waals surface area contributed by atoms with E-state index in [1.807, 2.05) is 0 Å². The largest absolute Gasteiger partial charge is 0.294 e. The van der Waals surface area contributed by atoms with Crippen LogP contribution in [0, 0.1) is 15.9 Å². The van der Waals surface area contributed by atoms with Crippen molar-refractivity contribution in [1.29, 1.82) is 0 Å². The van der Waals surface area contributed by atoms with Gasteiger partial charge in [-0.05, 0) is 19.1 Å². The van der Waals surface area contributed by atoms with Crippen LogP contribution in [-0.2, 0) is 6.54 Å². The summed E-state index contributed by atoms with van der Waals surface area (Å²) >= 11 is 0. The molecule has 0 atom stereocenters. The molecular formula is C12H10FN3O3. The second-order valence-electron chi connectivity index (χ2n) is 4.01. The molecule has 2 rings (SSSR count). The maximum absolute atomic E-state index is 13.1. The van der Waals surface area contributed by atoms with Crippen LogP contribution in [0.1, 0.15) is 22.8 Å². The Kier molecular flexibility index (Phi) is 3.37. The Balaban J connectivity index is 2.33. The van der Waals surface area contributed by atoms with Crippen LogP contribution < -0.4 is 0 Å². The molecule has 0 N–H and O–H groups in total.